The molecular weight excluding hydrogens is 346 g/mol. The number of carboxylic acid groups (broad SMARTS) is 1. The molecular formula is C17H28ClN3O4. The summed E-state index contributed by atoms with van der Waals surface area (Å²) in [6.45, 7) is 4.05. The zero-order valence-corrected chi connectivity index (χ0v) is 15.5. The molecule has 5 atom stereocenters. The van der Waals surface area contributed by atoms with Gasteiger partial charge in [-0.25, -0.2) is 4.79 Å². The number of aliphatic hydroxyl groups excluding tert-OH is 1. The first kappa shape index (κ1) is 20.2. The quantitative estimate of drug-likeness (QED) is 0.375. The van der Waals surface area contributed by atoms with E-state index in [2.05, 4.69) is 10.6 Å². The molecule has 1 saturated heterocycles. The summed E-state index contributed by atoms with van der Waals surface area (Å²) >= 11 is 0. The number of carbonyl (C=O) groups excluding carboxylic acids is 1. The highest BCUT2D eigenvalue weighted by Crippen LogP contribution is 2.53. The van der Waals surface area contributed by atoms with Gasteiger partial charge in [0.25, 0.3) is 0 Å². The third kappa shape index (κ3) is 3.30. The number of hydrogen-bond donors (Lipinski definition) is 4. The molecule has 2 fully saturated rings. The maximum absolute atomic E-state index is 12.4. The summed E-state index contributed by atoms with van der Waals surface area (Å²) in [6.07, 6.45) is 2.15. The van der Waals surface area contributed by atoms with Crippen molar-refractivity contribution in [3.63, 3.8) is 0 Å². The molecule has 0 radical (unpaired) electrons. The van der Waals surface area contributed by atoms with Crippen molar-refractivity contribution in [3.8, 4) is 0 Å². The Morgan fingerprint density at radius 2 is 2.08 bits per heavy atom. The van der Waals surface area contributed by atoms with Crippen molar-refractivity contribution in [3.05, 3.63) is 11.3 Å². The number of carbonyl (C=O) groups is 2. The Bertz CT molecular complexity index is 566. The number of halogens is 1. The van der Waals surface area contributed by atoms with E-state index in [-0.39, 0.29) is 41.9 Å². The van der Waals surface area contributed by atoms with Gasteiger partial charge in [0, 0.05) is 25.6 Å². The first-order valence-corrected chi connectivity index (χ1v) is 8.82. The molecule has 3 rings (SSSR count). The fourth-order valence-electron chi connectivity index (χ4n) is 4.70. The summed E-state index contributed by atoms with van der Waals surface area (Å²) in [6, 6.07) is -0.168. The molecule has 2 heterocycles. The lowest BCUT2D eigenvalue weighted by molar-refractivity contribution is -0.163. The summed E-state index contributed by atoms with van der Waals surface area (Å²) in [4.78, 5) is 25.7. The molecule has 1 unspecified atom stereocenters. The van der Waals surface area contributed by atoms with E-state index in [1.54, 1.807) is 6.92 Å². The van der Waals surface area contributed by atoms with E-state index in [1.165, 1.54) is 4.90 Å². The molecule has 7 nitrogen and oxygen atoms in total. The fourth-order valence-corrected chi connectivity index (χ4v) is 4.70. The highest BCUT2D eigenvalue weighted by molar-refractivity contribution is 6.00. The highest BCUT2D eigenvalue weighted by Gasteiger charge is 2.62. The van der Waals surface area contributed by atoms with E-state index in [1.807, 2.05) is 7.05 Å². The Morgan fingerprint density at radius 3 is 2.68 bits per heavy atom. The Morgan fingerprint density at radius 1 is 1.36 bits per heavy atom. The van der Waals surface area contributed by atoms with Gasteiger partial charge in [-0.1, -0.05) is 6.42 Å². The van der Waals surface area contributed by atoms with Gasteiger partial charge in [-0.2, -0.15) is 0 Å². The van der Waals surface area contributed by atoms with E-state index in [9.17, 15) is 19.8 Å². The van der Waals surface area contributed by atoms with Crippen molar-refractivity contribution in [2.75, 3.05) is 26.7 Å². The van der Waals surface area contributed by atoms with Gasteiger partial charge in [0.2, 0.25) is 5.91 Å². The number of hydrogen-bond acceptors (Lipinski definition) is 5. The van der Waals surface area contributed by atoms with E-state index in [0.29, 0.717) is 0 Å². The highest BCUT2D eigenvalue weighted by atomic mass is 35.5. The monoisotopic (exact) mass is 373 g/mol. The minimum Gasteiger partial charge on any atom is -0.477 e. The van der Waals surface area contributed by atoms with Gasteiger partial charge in [-0.3, -0.25) is 4.79 Å². The normalized spacial score (nSPS) is 31.8. The molecule has 1 amide bonds. The molecule has 3 aliphatic rings. The summed E-state index contributed by atoms with van der Waals surface area (Å²) < 4.78 is 0. The number of amides is 1. The molecule has 0 aromatic rings. The van der Waals surface area contributed by atoms with E-state index in [0.717, 1.165) is 44.5 Å². The Kier molecular flexibility index (Phi) is 6.48. The van der Waals surface area contributed by atoms with Gasteiger partial charge in [-0.05, 0) is 38.3 Å². The van der Waals surface area contributed by atoms with Crippen molar-refractivity contribution in [2.24, 2.45) is 17.8 Å². The number of aliphatic hydroxyl groups is 1. The van der Waals surface area contributed by atoms with Gasteiger partial charge in [-0.15, -0.1) is 12.4 Å². The number of β-lactam (4-membered cyclic amide) rings is 1. The van der Waals surface area contributed by atoms with Crippen LogP contribution in [0.4, 0.5) is 0 Å². The topological polar surface area (TPSA) is 102 Å². The largest absolute Gasteiger partial charge is 0.477 e. The van der Waals surface area contributed by atoms with Crippen LogP contribution in [-0.2, 0) is 9.59 Å². The minimum absolute atomic E-state index is 0. The lowest BCUT2D eigenvalue weighted by Gasteiger charge is -2.47. The summed E-state index contributed by atoms with van der Waals surface area (Å²) in [5.74, 6) is -1.48. The van der Waals surface area contributed by atoms with Crippen LogP contribution in [0, 0.1) is 17.8 Å². The van der Waals surface area contributed by atoms with E-state index < -0.39 is 18.0 Å². The molecule has 4 N–H and O–H groups in total. The van der Waals surface area contributed by atoms with Crippen LogP contribution in [0.15, 0.2) is 11.3 Å². The number of aliphatic carboxylic acids is 1. The van der Waals surface area contributed by atoms with Crippen LogP contribution >= 0.6 is 12.4 Å². The van der Waals surface area contributed by atoms with Crippen LogP contribution in [0.5, 0.6) is 0 Å². The lowest BCUT2D eigenvalue weighted by Crippen LogP contribution is -2.64. The number of nitrogens with one attached hydrogen (secondary N) is 2. The zero-order valence-electron chi connectivity index (χ0n) is 14.7. The third-order valence-corrected chi connectivity index (χ3v) is 5.69. The number of nitrogens with zero attached hydrogens (tertiary/aromatic N) is 1. The Balaban J connectivity index is 0.00000225. The Hall–Kier alpha value is -1.15. The van der Waals surface area contributed by atoms with Gasteiger partial charge in [0.05, 0.1) is 18.1 Å². The second-order valence-corrected chi connectivity index (χ2v) is 7.12. The Labute approximate surface area is 154 Å². The maximum atomic E-state index is 12.4. The van der Waals surface area contributed by atoms with Gasteiger partial charge < -0.3 is 25.7 Å². The zero-order chi connectivity index (χ0) is 17.4. The molecule has 1 saturated carbocycles. The van der Waals surface area contributed by atoms with Gasteiger partial charge in [0.15, 0.2) is 0 Å². The number of carboxylic acids is 1. The molecule has 0 spiro atoms. The standard InChI is InChI=1S/C17H27N3O4.ClH/c1-9(21)12-14-11-5-3-4-10(8-19-7-6-18-2)13(11)15(17(23)24)20(14)16(12)22;/h9-12,14,18-19,21H,3-8H2,1-2H3,(H,23,24);1H/t9-,10?,11+,12-,14-;/m1./s1. The smallest absolute Gasteiger partial charge is 0.352 e. The number of fused-ring (bicyclic) bond motifs is 3. The molecule has 142 valence electrons. The van der Waals surface area contributed by atoms with Crippen LogP contribution in [0.25, 0.3) is 0 Å². The first-order chi connectivity index (χ1) is 11.5. The molecule has 8 heteroatoms. The lowest BCUT2D eigenvalue weighted by atomic mass is 9.69. The van der Waals surface area contributed by atoms with Crippen LogP contribution in [0.3, 0.4) is 0 Å². The van der Waals surface area contributed by atoms with Crippen LogP contribution in [-0.4, -0.2) is 65.8 Å². The SMILES string of the molecule is CNCCNCC1CCC[C@H]2C1=C(C(=O)O)N1C(=O)[C@H]([C@@H](C)O)[C@@H]21.Cl. The van der Waals surface area contributed by atoms with Gasteiger partial charge >= 0.3 is 5.97 Å². The van der Waals surface area contributed by atoms with Crippen molar-refractivity contribution in [2.45, 2.75) is 38.3 Å². The molecule has 1 aliphatic carbocycles. The molecule has 25 heavy (non-hydrogen) atoms. The summed E-state index contributed by atoms with van der Waals surface area (Å²) in [7, 11) is 1.90. The van der Waals surface area contributed by atoms with Crippen LogP contribution < -0.4 is 10.6 Å². The summed E-state index contributed by atoms with van der Waals surface area (Å²) in [5.41, 5.74) is 1.11. The molecule has 0 aromatic carbocycles. The second kappa shape index (κ2) is 8.03. The second-order valence-electron chi connectivity index (χ2n) is 7.12. The summed E-state index contributed by atoms with van der Waals surface area (Å²) in [5, 5.41) is 26.1. The predicted octanol–water partition coefficient (Wildman–Crippen LogP) is 0.194. The predicted molar refractivity (Wildman–Crippen MR) is 95.3 cm³/mol. The average Bonchev–Trinajstić information content (AvgIpc) is 2.82. The van der Waals surface area contributed by atoms with Crippen molar-refractivity contribution < 1.29 is 19.8 Å². The fraction of sp³-hybridized carbons (Fsp3) is 0.765. The van der Waals surface area contributed by atoms with Crippen molar-refractivity contribution >= 4 is 24.3 Å². The first-order valence-electron chi connectivity index (χ1n) is 8.82. The molecule has 2 aliphatic heterocycles. The van der Waals surface area contributed by atoms with Crippen LogP contribution in [0.2, 0.25) is 0 Å². The number of rotatable bonds is 7. The van der Waals surface area contributed by atoms with Crippen molar-refractivity contribution in [1.29, 1.82) is 0 Å². The average molecular weight is 374 g/mol. The molecule has 0 aromatic heterocycles. The van der Waals surface area contributed by atoms with E-state index >= 15 is 0 Å². The molecule has 0 bridgehead atoms. The van der Waals surface area contributed by atoms with Crippen molar-refractivity contribution in [1.82, 2.24) is 15.5 Å². The van der Waals surface area contributed by atoms with E-state index in [4.69, 9.17) is 0 Å². The maximum Gasteiger partial charge on any atom is 0.352 e. The van der Waals surface area contributed by atoms with Crippen LogP contribution in [0.1, 0.15) is 26.2 Å². The minimum atomic E-state index is -1.02. The third-order valence-electron chi connectivity index (χ3n) is 5.69. The van der Waals surface area contributed by atoms with Gasteiger partial charge in [0.1, 0.15) is 5.70 Å². The number of likely N-dealkylation sites (N-methyl/N-ethyl adjacent to an activating group) is 1.